The number of allylic oxidation sites excluding steroid dienone is 4. The Hall–Kier alpha value is -2.54. The summed E-state index contributed by atoms with van der Waals surface area (Å²) in [7, 11) is -4.05. The first kappa shape index (κ1) is 21.2. The summed E-state index contributed by atoms with van der Waals surface area (Å²) in [6.45, 7) is 3.37. The lowest BCUT2D eigenvalue weighted by molar-refractivity contribution is -0.110. The third-order valence-electron chi connectivity index (χ3n) is 4.19. The van der Waals surface area contributed by atoms with E-state index in [1.54, 1.807) is 44.2 Å². The number of halogens is 2. The van der Waals surface area contributed by atoms with Crippen LogP contribution < -0.4 is 0 Å². The lowest BCUT2D eigenvalue weighted by atomic mass is 9.97. The molecule has 29 heavy (non-hydrogen) atoms. The molecule has 2 aromatic rings. The third kappa shape index (κ3) is 4.72. The van der Waals surface area contributed by atoms with Crippen molar-refractivity contribution >= 4 is 50.6 Å². The third-order valence-corrected chi connectivity index (χ3v) is 6.19. The van der Waals surface area contributed by atoms with Gasteiger partial charge in [-0.1, -0.05) is 53.5 Å². The number of amidine groups is 1. The average molecular weight is 447 g/mol. The number of nitrogens with zero attached hydrogens (tertiary/aromatic N) is 2. The molecule has 0 bridgehead atoms. The van der Waals surface area contributed by atoms with E-state index in [9.17, 15) is 13.2 Å². The fourth-order valence-electron chi connectivity index (χ4n) is 2.69. The van der Waals surface area contributed by atoms with Crippen molar-refractivity contribution in [1.82, 2.24) is 0 Å². The van der Waals surface area contributed by atoms with Crippen molar-refractivity contribution in [3.05, 3.63) is 87.4 Å². The standard InChI is InChI=1S/C21H16Cl2N2O3S/c1-13-12-18(26)19(23)14(2)20(13)24-21(15-6-4-3-5-7-15)25-29(27,28)17-10-8-16(22)9-11-17/h3-12H,1-2H3. The van der Waals surface area contributed by atoms with Gasteiger partial charge in [-0.2, -0.15) is 8.42 Å². The van der Waals surface area contributed by atoms with E-state index < -0.39 is 10.0 Å². The molecule has 0 aliphatic heterocycles. The van der Waals surface area contributed by atoms with Crippen LogP contribution in [0.2, 0.25) is 5.02 Å². The van der Waals surface area contributed by atoms with Crippen LogP contribution in [0.5, 0.6) is 0 Å². The van der Waals surface area contributed by atoms with Gasteiger partial charge < -0.3 is 0 Å². The molecule has 0 atom stereocenters. The van der Waals surface area contributed by atoms with Gasteiger partial charge in [0.05, 0.1) is 15.6 Å². The maximum absolute atomic E-state index is 12.8. The monoisotopic (exact) mass is 446 g/mol. The summed E-state index contributed by atoms with van der Waals surface area (Å²) in [6.07, 6.45) is 1.37. The van der Waals surface area contributed by atoms with E-state index in [-0.39, 0.29) is 21.5 Å². The number of carbonyl (C=O) groups excluding carboxylic acids is 1. The summed E-state index contributed by atoms with van der Waals surface area (Å²) in [5.74, 6) is -0.325. The van der Waals surface area contributed by atoms with Crippen molar-refractivity contribution in [1.29, 1.82) is 0 Å². The molecule has 8 heteroatoms. The number of aliphatic imine (C=N–C) groups is 1. The Kier molecular flexibility index (Phi) is 6.17. The second-order valence-corrected chi connectivity index (χ2v) is 8.72. The van der Waals surface area contributed by atoms with Crippen molar-refractivity contribution in [2.24, 2.45) is 9.39 Å². The zero-order valence-electron chi connectivity index (χ0n) is 15.6. The van der Waals surface area contributed by atoms with Crippen molar-refractivity contribution in [2.45, 2.75) is 18.7 Å². The van der Waals surface area contributed by atoms with Gasteiger partial charge in [-0.3, -0.25) is 4.79 Å². The van der Waals surface area contributed by atoms with E-state index in [2.05, 4.69) is 9.39 Å². The predicted octanol–water partition coefficient (Wildman–Crippen LogP) is 4.96. The van der Waals surface area contributed by atoms with Crippen molar-refractivity contribution in [3.63, 3.8) is 0 Å². The van der Waals surface area contributed by atoms with Crippen molar-refractivity contribution in [2.75, 3.05) is 0 Å². The van der Waals surface area contributed by atoms with Gasteiger partial charge in [-0.05, 0) is 55.3 Å². The highest BCUT2D eigenvalue weighted by molar-refractivity contribution is 7.90. The van der Waals surface area contributed by atoms with Gasteiger partial charge in [0.1, 0.15) is 0 Å². The first-order chi connectivity index (χ1) is 13.7. The molecule has 0 saturated carbocycles. The molecule has 0 spiro atoms. The molecule has 0 unspecified atom stereocenters. The molecular weight excluding hydrogens is 431 g/mol. The first-order valence-electron chi connectivity index (χ1n) is 8.53. The largest absolute Gasteiger partial charge is 0.288 e. The molecule has 3 rings (SSSR count). The molecule has 0 N–H and O–H groups in total. The lowest BCUT2D eigenvalue weighted by Crippen LogP contribution is -2.17. The fraction of sp³-hybridized carbons (Fsp3) is 0.0952. The first-order valence-corrected chi connectivity index (χ1v) is 10.7. The Labute approximate surface area is 179 Å². The van der Waals surface area contributed by atoms with Crippen LogP contribution in [0.15, 0.2) is 91.1 Å². The molecule has 0 saturated heterocycles. The Bertz CT molecular complexity index is 1190. The molecule has 5 nitrogen and oxygen atoms in total. The van der Waals surface area contributed by atoms with Crippen LogP contribution in [0, 0.1) is 0 Å². The highest BCUT2D eigenvalue weighted by Crippen LogP contribution is 2.24. The Morgan fingerprint density at radius 3 is 2.17 bits per heavy atom. The summed E-state index contributed by atoms with van der Waals surface area (Å²) < 4.78 is 29.6. The van der Waals surface area contributed by atoms with Crippen LogP contribution >= 0.6 is 23.2 Å². The smallest absolute Gasteiger partial charge is 0.284 e. The van der Waals surface area contributed by atoms with Crippen LogP contribution in [-0.2, 0) is 14.8 Å². The van der Waals surface area contributed by atoms with Crippen LogP contribution in [0.1, 0.15) is 19.4 Å². The van der Waals surface area contributed by atoms with Gasteiger partial charge in [-0.15, -0.1) is 4.40 Å². The van der Waals surface area contributed by atoms with Gasteiger partial charge in [-0.25, -0.2) is 4.99 Å². The molecule has 2 aromatic carbocycles. The van der Waals surface area contributed by atoms with Crippen LogP contribution in [-0.4, -0.2) is 25.7 Å². The van der Waals surface area contributed by atoms with Gasteiger partial charge in [0, 0.05) is 10.6 Å². The van der Waals surface area contributed by atoms with Crippen molar-refractivity contribution in [3.8, 4) is 0 Å². The molecule has 0 heterocycles. The number of carbonyl (C=O) groups is 1. The number of ketones is 1. The minimum absolute atomic E-state index is 0.00749. The predicted molar refractivity (Wildman–Crippen MR) is 116 cm³/mol. The van der Waals surface area contributed by atoms with E-state index in [4.69, 9.17) is 23.2 Å². The number of hydrogen-bond acceptors (Lipinski definition) is 3. The zero-order chi connectivity index (χ0) is 21.2. The SMILES string of the molecule is CC1=CC(=O)C(Cl)=C(C)C1=NC(=NS(=O)(=O)c1ccc(Cl)cc1)c1ccccc1. The molecule has 0 radical (unpaired) electrons. The van der Waals surface area contributed by atoms with Gasteiger partial charge in [0.2, 0.25) is 0 Å². The maximum atomic E-state index is 12.8. The van der Waals surface area contributed by atoms with E-state index in [0.717, 1.165) is 0 Å². The van der Waals surface area contributed by atoms with Crippen LogP contribution in [0.3, 0.4) is 0 Å². The molecule has 1 aliphatic rings. The summed E-state index contributed by atoms with van der Waals surface area (Å²) in [6, 6.07) is 14.4. The van der Waals surface area contributed by atoms with Crippen LogP contribution in [0.4, 0.5) is 0 Å². The lowest BCUT2D eigenvalue weighted by Gasteiger charge is -2.15. The normalized spacial score (nSPS) is 17.0. The van der Waals surface area contributed by atoms with Gasteiger partial charge in [0.15, 0.2) is 11.6 Å². The van der Waals surface area contributed by atoms with Gasteiger partial charge >= 0.3 is 0 Å². The van der Waals surface area contributed by atoms with Gasteiger partial charge in [0.25, 0.3) is 10.0 Å². The summed E-state index contributed by atoms with van der Waals surface area (Å²) in [5, 5.41) is 0.460. The van der Waals surface area contributed by atoms with E-state index in [0.29, 0.717) is 27.4 Å². The summed E-state index contributed by atoms with van der Waals surface area (Å²) >= 11 is 11.9. The number of rotatable bonds is 3. The molecule has 148 valence electrons. The second kappa shape index (κ2) is 8.45. The minimum atomic E-state index is -4.05. The van der Waals surface area contributed by atoms with Crippen LogP contribution in [0.25, 0.3) is 0 Å². The average Bonchev–Trinajstić information content (AvgIpc) is 2.69. The minimum Gasteiger partial charge on any atom is -0.288 e. The zero-order valence-corrected chi connectivity index (χ0v) is 17.9. The number of hydrogen-bond donors (Lipinski definition) is 0. The Balaban J connectivity index is 2.19. The quantitative estimate of drug-likeness (QED) is 0.379. The molecule has 0 aromatic heterocycles. The van der Waals surface area contributed by atoms with E-state index in [1.165, 1.54) is 30.3 Å². The summed E-state index contributed by atoms with van der Waals surface area (Å²) in [4.78, 5) is 16.4. The molecule has 0 fully saturated rings. The molecule has 1 aliphatic carbocycles. The molecular formula is C21H16Cl2N2O3S. The Morgan fingerprint density at radius 1 is 0.931 bits per heavy atom. The summed E-state index contributed by atoms with van der Waals surface area (Å²) in [5.41, 5.74) is 1.95. The Morgan fingerprint density at radius 2 is 1.55 bits per heavy atom. The van der Waals surface area contributed by atoms with E-state index in [1.807, 2.05) is 0 Å². The van der Waals surface area contributed by atoms with E-state index >= 15 is 0 Å². The fourth-order valence-corrected chi connectivity index (χ4v) is 3.92. The number of benzene rings is 2. The maximum Gasteiger partial charge on any atom is 0.284 e. The number of sulfonamides is 1. The van der Waals surface area contributed by atoms with Crippen molar-refractivity contribution < 1.29 is 13.2 Å². The topological polar surface area (TPSA) is 75.9 Å². The molecule has 0 amide bonds. The second-order valence-electron chi connectivity index (χ2n) is 6.30. The highest BCUT2D eigenvalue weighted by Gasteiger charge is 2.22. The highest BCUT2D eigenvalue weighted by atomic mass is 35.5.